The molecule has 0 aliphatic rings. The Hall–Kier alpha value is 0.610. The van der Waals surface area contributed by atoms with E-state index in [1.54, 1.807) is 0 Å². The molecule has 0 saturated heterocycles. The average Bonchev–Trinajstić information content (AvgIpc) is 1.84. The fraction of sp³-hybridized carbons (Fsp3) is 0.714. The molecule has 0 heterocycles. The molecule has 0 spiro atoms. The van der Waals surface area contributed by atoms with Gasteiger partial charge in [-0.1, -0.05) is 12.2 Å². The highest BCUT2D eigenvalue weighted by molar-refractivity contribution is 6.48. The molecule has 10 heavy (non-hydrogen) atoms. The molecule has 0 nitrogen and oxygen atoms in total. The molecule has 0 aliphatic carbocycles. The Kier molecular flexibility index (Phi) is 5.61. The van der Waals surface area contributed by atoms with E-state index in [-0.39, 0.29) is 0 Å². The highest BCUT2D eigenvalue weighted by Gasteiger charge is 2.20. The van der Waals surface area contributed by atoms with Gasteiger partial charge >= 0.3 is 0 Å². The predicted octanol–water partition coefficient (Wildman–Crippen LogP) is 3.76. The molecule has 0 fully saturated rings. The van der Waals surface area contributed by atoms with Gasteiger partial charge in [0.05, 0.1) is 0 Å². The lowest BCUT2D eigenvalue weighted by Gasteiger charge is -2.14. The van der Waals surface area contributed by atoms with Crippen LogP contribution in [0.4, 0.5) is 0 Å². The van der Waals surface area contributed by atoms with Crippen molar-refractivity contribution in [1.82, 2.24) is 0 Å². The Morgan fingerprint density at radius 3 is 2.40 bits per heavy atom. The zero-order valence-electron chi connectivity index (χ0n) is 5.91. The standard InChI is InChI=1S/C7H11Cl3/c1-2-3-4-7(9,10)5-6-8/h2-3H,4-6H2,1H3/b3-2+. The fourth-order valence-electron chi connectivity index (χ4n) is 0.531. The molecule has 0 aromatic heterocycles. The first-order valence-corrected chi connectivity index (χ1v) is 4.46. The first-order chi connectivity index (χ1) is 4.62. The van der Waals surface area contributed by atoms with Crippen molar-refractivity contribution in [2.45, 2.75) is 24.1 Å². The molecule has 0 N–H and O–H groups in total. The van der Waals surface area contributed by atoms with Crippen LogP contribution in [-0.4, -0.2) is 10.2 Å². The van der Waals surface area contributed by atoms with Crippen LogP contribution in [0, 0.1) is 0 Å². The van der Waals surface area contributed by atoms with Gasteiger partial charge < -0.3 is 0 Å². The lowest BCUT2D eigenvalue weighted by atomic mass is 10.2. The normalized spacial score (nSPS) is 12.8. The van der Waals surface area contributed by atoms with Crippen LogP contribution in [-0.2, 0) is 0 Å². The van der Waals surface area contributed by atoms with Crippen LogP contribution in [0.25, 0.3) is 0 Å². The van der Waals surface area contributed by atoms with E-state index in [1.165, 1.54) is 0 Å². The lowest BCUT2D eigenvalue weighted by Crippen LogP contribution is -2.11. The maximum atomic E-state index is 5.84. The largest absolute Gasteiger partial charge is 0.127 e. The van der Waals surface area contributed by atoms with Gasteiger partial charge in [-0.25, -0.2) is 0 Å². The topological polar surface area (TPSA) is 0 Å². The summed E-state index contributed by atoms with van der Waals surface area (Å²) in [5.41, 5.74) is 0. The van der Waals surface area contributed by atoms with E-state index in [9.17, 15) is 0 Å². The molecule has 0 radical (unpaired) electrons. The van der Waals surface area contributed by atoms with Gasteiger partial charge in [0.2, 0.25) is 0 Å². The summed E-state index contributed by atoms with van der Waals surface area (Å²) in [5.74, 6) is 0.505. The van der Waals surface area contributed by atoms with Crippen molar-refractivity contribution in [3.63, 3.8) is 0 Å². The van der Waals surface area contributed by atoms with Crippen LogP contribution in [0.15, 0.2) is 12.2 Å². The van der Waals surface area contributed by atoms with E-state index in [0.717, 1.165) is 0 Å². The first kappa shape index (κ1) is 10.6. The van der Waals surface area contributed by atoms with Gasteiger partial charge in [0, 0.05) is 5.88 Å². The minimum Gasteiger partial charge on any atom is -0.127 e. The van der Waals surface area contributed by atoms with Crippen LogP contribution < -0.4 is 0 Å². The first-order valence-electron chi connectivity index (χ1n) is 3.17. The van der Waals surface area contributed by atoms with E-state index in [4.69, 9.17) is 34.8 Å². The Balaban J connectivity index is 3.62. The van der Waals surface area contributed by atoms with Gasteiger partial charge in [-0.15, -0.1) is 34.8 Å². The maximum Gasteiger partial charge on any atom is 0.122 e. The molecule has 0 amide bonds. The maximum absolute atomic E-state index is 5.84. The van der Waals surface area contributed by atoms with E-state index in [0.29, 0.717) is 18.7 Å². The van der Waals surface area contributed by atoms with Crippen LogP contribution in [0.5, 0.6) is 0 Å². The minimum atomic E-state index is -0.672. The molecular weight excluding hydrogens is 190 g/mol. The van der Waals surface area contributed by atoms with Crippen LogP contribution in [0.2, 0.25) is 0 Å². The SMILES string of the molecule is C/C=C/CC(Cl)(Cl)CCCl. The molecule has 0 saturated carbocycles. The second-order valence-corrected chi connectivity index (χ2v) is 4.09. The van der Waals surface area contributed by atoms with Crippen molar-refractivity contribution in [3.05, 3.63) is 12.2 Å². The number of hydrogen-bond donors (Lipinski definition) is 0. The zero-order valence-corrected chi connectivity index (χ0v) is 8.18. The van der Waals surface area contributed by atoms with E-state index in [1.807, 2.05) is 19.1 Å². The van der Waals surface area contributed by atoms with Crippen molar-refractivity contribution in [2.24, 2.45) is 0 Å². The van der Waals surface area contributed by atoms with Gasteiger partial charge in [-0.2, -0.15) is 0 Å². The third-order valence-corrected chi connectivity index (χ3v) is 1.99. The Morgan fingerprint density at radius 2 is 2.00 bits per heavy atom. The number of allylic oxidation sites excluding steroid dienone is 2. The summed E-state index contributed by atoms with van der Waals surface area (Å²) in [4.78, 5) is 0. The summed E-state index contributed by atoms with van der Waals surface area (Å²) in [6.07, 6.45) is 5.15. The van der Waals surface area contributed by atoms with Crippen molar-refractivity contribution in [1.29, 1.82) is 0 Å². The van der Waals surface area contributed by atoms with Crippen LogP contribution in [0.3, 0.4) is 0 Å². The molecule has 60 valence electrons. The van der Waals surface area contributed by atoms with Crippen molar-refractivity contribution >= 4 is 34.8 Å². The molecule has 0 bridgehead atoms. The highest BCUT2D eigenvalue weighted by Crippen LogP contribution is 2.29. The van der Waals surface area contributed by atoms with Crippen molar-refractivity contribution < 1.29 is 0 Å². The lowest BCUT2D eigenvalue weighted by molar-refractivity contribution is 0.758. The monoisotopic (exact) mass is 200 g/mol. The van der Waals surface area contributed by atoms with Gasteiger partial charge in [0.1, 0.15) is 4.33 Å². The van der Waals surface area contributed by atoms with Crippen molar-refractivity contribution in [2.75, 3.05) is 5.88 Å². The fourth-order valence-corrected chi connectivity index (χ4v) is 1.41. The van der Waals surface area contributed by atoms with E-state index >= 15 is 0 Å². The van der Waals surface area contributed by atoms with Gasteiger partial charge in [-0.05, 0) is 19.8 Å². The van der Waals surface area contributed by atoms with E-state index in [2.05, 4.69) is 0 Å². The molecular formula is C7H11Cl3. The number of hydrogen-bond acceptors (Lipinski definition) is 0. The predicted molar refractivity (Wildman–Crippen MR) is 49.2 cm³/mol. The zero-order chi connectivity index (χ0) is 8.04. The quantitative estimate of drug-likeness (QED) is 0.480. The summed E-state index contributed by atoms with van der Waals surface area (Å²) in [7, 11) is 0. The molecule has 0 unspecified atom stereocenters. The third-order valence-electron chi connectivity index (χ3n) is 1.11. The van der Waals surface area contributed by atoms with Gasteiger partial charge in [0.25, 0.3) is 0 Å². The van der Waals surface area contributed by atoms with E-state index < -0.39 is 4.33 Å². The number of alkyl halides is 3. The summed E-state index contributed by atoms with van der Waals surface area (Å²) in [6.45, 7) is 1.94. The van der Waals surface area contributed by atoms with Gasteiger partial charge in [0.15, 0.2) is 0 Å². The minimum absolute atomic E-state index is 0.505. The van der Waals surface area contributed by atoms with Crippen molar-refractivity contribution in [3.8, 4) is 0 Å². The number of halogens is 3. The second-order valence-electron chi connectivity index (χ2n) is 2.07. The summed E-state index contributed by atoms with van der Waals surface area (Å²) in [5, 5.41) is 0. The highest BCUT2D eigenvalue weighted by atomic mass is 35.5. The molecule has 0 aliphatic heterocycles. The molecule has 0 rings (SSSR count). The third kappa shape index (κ3) is 5.40. The summed E-state index contributed by atoms with van der Waals surface area (Å²) < 4.78 is -0.672. The van der Waals surface area contributed by atoms with Crippen LogP contribution in [0.1, 0.15) is 19.8 Å². The average molecular weight is 202 g/mol. The Bertz CT molecular complexity index is 107. The second kappa shape index (κ2) is 5.29. The summed E-state index contributed by atoms with van der Waals surface area (Å²) >= 11 is 17.2. The summed E-state index contributed by atoms with van der Waals surface area (Å²) in [6, 6.07) is 0. The molecule has 3 heteroatoms. The molecule has 0 aromatic carbocycles. The Morgan fingerprint density at radius 1 is 1.40 bits per heavy atom. The molecule has 0 aromatic rings. The smallest absolute Gasteiger partial charge is 0.122 e. The van der Waals surface area contributed by atoms with Crippen LogP contribution >= 0.6 is 34.8 Å². The van der Waals surface area contributed by atoms with Gasteiger partial charge in [-0.3, -0.25) is 0 Å². The Labute approximate surface area is 77.1 Å². The number of rotatable bonds is 4. The molecule has 0 atom stereocenters.